The van der Waals surface area contributed by atoms with Gasteiger partial charge in [-0.15, -0.1) is 0 Å². The van der Waals surface area contributed by atoms with E-state index >= 15 is 0 Å². The standard InChI is InChI=1S/C14H24N2O2/c1-9(2)8-15-14(18)10(3)16-11-4-5-12(16)7-13(17)6-11/h9-12H,4-8H2,1-3H3,(H,15,18). The fourth-order valence-corrected chi connectivity index (χ4v) is 3.23. The molecule has 2 aliphatic rings. The van der Waals surface area contributed by atoms with E-state index in [1.165, 1.54) is 0 Å². The van der Waals surface area contributed by atoms with Crippen LogP contribution in [0.5, 0.6) is 0 Å². The highest BCUT2D eigenvalue weighted by Crippen LogP contribution is 2.35. The van der Waals surface area contributed by atoms with Gasteiger partial charge in [0.1, 0.15) is 5.78 Å². The molecule has 102 valence electrons. The van der Waals surface area contributed by atoms with E-state index in [1.807, 2.05) is 6.92 Å². The number of nitrogens with zero attached hydrogens (tertiary/aromatic N) is 1. The summed E-state index contributed by atoms with van der Waals surface area (Å²) in [4.78, 5) is 25.9. The third-order valence-corrected chi connectivity index (χ3v) is 4.11. The summed E-state index contributed by atoms with van der Waals surface area (Å²) in [5.74, 6) is 0.948. The van der Waals surface area contributed by atoms with Gasteiger partial charge in [-0.1, -0.05) is 13.8 Å². The Bertz CT molecular complexity index is 325. The Balaban J connectivity index is 1.95. The van der Waals surface area contributed by atoms with Crippen LogP contribution in [0.3, 0.4) is 0 Å². The number of hydrogen-bond donors (Lipinski definition) is 1. The minimum atomic E-state index is -0.102. The normalized spacial score (nSPS) is 29.7. The molecule has 2 heterocycles. The Morgan fingerprint density at radius 3 is 2.33 bits per heavy atom. The molecule has 0 spiro atoms. The fraction of sp³-hybridized carbons (Fsp3) is 0.857. The van der Waals surface area contributed by atoms with Crippen LogP contribution in [0, 0.1) is 5.92 Å². The monoisotopic (exact) mass is 252 g/mol. The molecule has 3 unspecified atom stereocenters. The number of hydrogen-bond acceptors (Lipinski definition) is 3. The first-order chi connectivity index (χ1) is 8.49. The molecule has 0 radical (unpaired) electrons. The first kappa shape index (κ1) is 13.5. The van der Waals surface area contributed by atoms with Crippen molar-refractivity contribution in [2.24, 2.45) is 5.92 Å². The lowest BCUT2D eigenvalue weighted by Crippen LogP contribution is -2.54. The van der Waals surface area contributed by atoms with Crippen molar-refractivity contribution in [1.82, 2.24) is 10.2 Å². The van der Waals surface area contributed by atoms with Crippen LogP contribution < -0.4 is 5.32 Å². The van der Waals surface area contributed by atoms with Gasteiger partial charge in [0.25, 0.3) is 0 Å². The predicted molar refractivity (Wildman–Crippen MR) is 70.2 cm³/mol. The lowest BCUT2D eigenvalue weighted by molar-refractivity contribution is -0.132. The highest BCUT2D eigenvalue weighted by molar-refractivity contribution is 5.84. The summed E-state index contributed by atoms with van der Waals surface area (Å²) in [6.07, 6.45) is 3.41. The molecule has 0 saturated carbocycles. The molecule has 2 rings (SSSR count). The highest BCUT2D eigenvalue weighted by atomic mass is 16.2. The zero-order valence-electron chi connectivity index (χ0n) is 11.6. The Morgan fingerprint density at radius 2 is 1.83 bits per heavy atom. The largest absolute Gasteiger partial charge is 0.354 e. The number of ketones is 1. The molecule has 3 atom stereocenters. The summed E-state index contributed by atoms with van der Waals surface area (Å²) in [6.45, 7) is 6.88. The van der Waals surface area contributed by atoms with E-state index in [0.29, 0.717) is 36.6 Å². The van der Waals surface area contributed by atoms with E-state index in [4.69, 9.17) is 0 Å². The zero-order chi connectivity index (χ0) is 13.3. The lowest BCUT2D eigenvalue weighted by atomic mass is 9.99. The molecule has 0 aromatic carbocycles. The lowest BCUT2D eigenvalue weighted by Gasteiger charge is -2.37. The summed E-state index contributed by atoms with van der Waals surface area (Å²) in [5.41, 5.74) is 0. The number of rotatable bonds is 4. The van der Waals surface area contributed by atoms with Crippen molar-refractivity contribution in [3.8, 4) is 0 Å². The molecule has 0 aromatic heterocycles. The maximum atomic E-state index is 12.1. The van der Waals surface area contributed by atoms with Gasteiger partial charge in [-0.3, -0.25) is 14.5 Å². The topological polar surface area (TPSA) is 49.4 Å². The molecular formula is C14H24N2O2. The van der Waals surface area contributed by atoms with Crippen LogP contribution in [0.25, 0.3) is 0 Å². The summed E-state index contributed by atoms with van der Waals surface area (Å²) < 4.78 is 0. The number of carbonyl (C=O) groups excluding carboxylic acids is 2. The average Bonchev–Trinajstić information content (AvgIpc) is 2.57. The number of amides is 1. The molecule has 2 bridgehead atoms. The van der Waals surface area contributed by atoms with Gasteiger partial charge in [0.05, 0.1) is 6.04 Å². The summed E-state index contributed by atoms with van der Waals surface area (Å²) in [6, 6.07) is 0.501. The third kappa shape index (κ3) is 2.74. The molecule has 2 fully saturated rings. The van der Waals surface area contributed by atoms with E-state index < -0.39 is 0 Å². The van der Waals surface area contributed by atoms with Crippen molar-refractivity contribution in [3.05, 3.63) is 0 Å². The Kier molecular flexibility index (Phi) is 4.05. The molecule has 2 saturated heterocycles. The van der Waals surface area contributed by atoms with Gasteiger partial charge >= 0.3 is 0 Å². The van der Waals surface area contributed by atoms with Gasteiger partial charge in [-0.25, -0.2) is 0 Å². The van der Waals surface area contributed by atoms with Crippen LogP contribution in [0.4, 0.5) is 0 Å². The SMILES string of the molecule is CC(C)CNC(=O)C(C)N1C2CCC1CC(=O)C2. The Hall–Kier alpha value is -0.900. The van der Waals surface area contributed by atoms with Crippen LogP contribution >= 0.6 is 0 Å². The minimum absolute atomic E-state index is 0.102. The van der Waals surface area contributed by atoms with Crippen LogP contribution in [0.2, 0.25) is 0 Å². The molecule has 18 heavy (non-hydrogen) atoms. The van der Waals surface area contributed by atoms with Crippen molar-refractivity contribution in [3.63, 3.8) is 0 Å². The number of piperidine rings is 1. The predicted octanol–water partition coefficient (Wildman–Crippen LogP) is 1.34. The number of carbonyl (C=O) groups is 2. The quantitative estimate of drug-likeness (QED) is 0.821. The van der Waals surface area contributed by atoms with Crippen LogP contribution in [0.1, 0.15) is 46.5 Å². The smallest absolute Gasteiger partial charge is 0.237 e. The molecule has 0 aromatic rings. The second kappa shape index (κ2) is 5.39. The van der Waals surface area contributed by atoms with E-state index in [2.05, 4.69) is 24.1 Å². The number of Topliss-reactive ketones (excluding diaryl/α,β-unsaturated/α-hetero) is 1. The van der Waals surface area contributed by atoms with Gasteiger partial charge in [-0.2, -0.15) is 0 Å². The van der Waals surface area contributed by atoms with Gasteiger partial charge in [0.2, 0.25) is 5.91 Å². The third-order valence-electron chi connectivity index (χ3n) is 4.11. The van der Waals surface area contributed by atoms with Crippen LogP contribution in [-0.4, -0.2) is 41.3 Å². The van der Waals surface area contributed by atoms with Crippen molar-refractivity contribution < 1.29 is 9.59 Å². The summed E-state index contributed by atoms with van der Waals surface area (Å²) >= 11 is 0. The zero-order valence-corrected chi connectivity index (χ0v) is 11.6. The molecule has 1 N–H and O–H groups in total. The molecule has 1 amide bonds. The Morgan fingerprint density at radius 1 is 1.28 bits per heavy atom. The molecular weight excluding hydrogens is 228 g/mol. The first-order valence-electron chi connectivity index (χ1n) is 7.06. The Labute approximate surface area is 109 Å². The van der Waals surface area contributed by atoms with Gasteiger partial charge in [-0.05, 0) is 25.7 Å². The van der Waals surface area contributed by atoms with Crippen molar-refractivity contribution >= 4 is 11.7 Å². The summed E-state index contributed by atoms with van der Waals surface area (Å²) in [5, 5.41) is 2.99. The number of fused-ring (bicyclic) bond motifs is 2. The molecule has 4 nitrogen and oxygen atoms in total. The van der Waals surface area contributed by atoms with Crippen molar-refractivity contribution in [2.75, 3.05) is 6.54 Å². The second-order valence-corrected chi connectivity index (χ2v) is 6.09. The first-order valence-corrected chi connectivity index (χ1v) is 7.06. The minimum Gasteiger partial charge on any atom is -0.354 e. The van der Waals surface area contributed by atoms with E-state index in [9.17, 15) is 9.59 Å². The maximum absolute atomic E-state index is 12.1. The molecule has 0 aliphatic carbocycles. The molecule has 4 heteroatoms. The van der Waals surface area contributed by atoms with Gasteiger partial charge in [0.15, 0.2) is 0 Å². The van der Waals surface area contributed by atoms with Crippen molar-refractivity contribution in [2.45, 2.75) is 64.6 Å². The van der Waals surface area contributed by atoms with E-state index in [1.54, 1.807) is 0 Å². The fourth-order valence-electron chi connectivity index (χ4n) is 3.23. The van der Waals surface area contributed by atoms with Crippen LogP contribution in [-0.2, 0) is 9.59 Å². The van der Waals surface area contributed by atoms with Crippen LogP contribution in [0.15, 0.2) is 0 Å². The summed E-state index contributed by atoms with van der Waals surface area (Å²) in [7, 11) is 0. The highest BCUT2D eigenvalue weighted by Gasteiger charge is 2.43. The van der Waals surface area contributed by atoms with Gasteiger partial charge in [0, 0.05) is 31.5 Å². The van der Waals surface area contributed by atoms with Gasteiger partial charge < -0.3 is 5.32 Å². The van der Waals surface area contributed by atoms with E-state index in [0.717, 1.165) is 19.4 Å². The second-order valence-electron chi connectivity index (χ2n) is 6.09. The van der Waals surface area contributed by atoms with Crippen molar-refractivity contribution in [1.29, 1.82) is 0 Å². The molecule has 2 aliphatic heterocycles. The average molecular weight is 252 g/mol. The number of nitrogens with one attached hydrogen (secondary N) is 1. The maximum Gasteiger partial charge on any atom is 0.237 e. The van der Waals surface area contributed by atoms with E-state index in [-0.39, 0.29) is 11.9 Å².